The molecule has 0 spiro atoms. The maximum absolute atomic E-state index is 12.7. The largest absolute Gasteiger partial charge is 0.490 e. The number of benzene rings is 2. The predicted octanol–water partition coefficient (Wildman–Crippen LogP) is 3.54. The van der Waals surface area contributed by atoms with Crippen molar-refractivity contribution in [2.45, 2.75) is 26.8 Å². The Morgan fingerprint density at radius 3 is 2.62 bits per heavy atom. The van der Waals surface area contributed by atoms with Crippen LogP contribution in [0.3, 0.4) is 0 Å². The summed E-state index contributed by atoms with van der Waals surface area (Å²) in [7, 11) is 0. The molecule has 3 N–H and O–H groups in total. The number of nitrogens with zero attached hydrogens (tertiary/aromatic N) is 1. The molecule has 0 saturated heterocycles. The minimum atomic E-state index is -0.618. The number of hydrogen-bond acceptors (Lipinski definition) is 8. The minimum absolute atomic E-state index is 0.228. The zero-order valence-corrected chi connectivity index (χ0v) is 22.9. The van der Waals surface area contributed by atoms with E-state index >= 15 is 0 Å². The van der Waals surface area contributed by atoms with E-state index in [1.807, 2.05) is 13.0 Å². The Morgan fingerprint density at radius 2 is 1.87 bits per heavy atom. The highest BCUT2D eigenvalue weighted by molar-refractivity contribution is 7.80. The third-order valence-corrected chi connectivity index (χ3v) is 5.60. The number of carbonyl (C=O) groups is 2. The third-order valence-electron chi connectivity index (χ3n) is 5.38. The van der Waals surface area contributed by atoms with Crippen molar-refractivity contribution in [1.29, 1.82) is 0 Å². The van der Waals surface area contributed by atoms with E-state index in [9.17, 15) is 9.59 Å². The first-order valence-corrected chi connectivity index (χ1v) is 12.8. The van der Waals surface area contributed by atoms with Crippen LogP contribution >= 0.6 is 12.2 Å². The van der Waals surface area contributed by atoms with Crippen molar-refractivity contribution in [1.82, 2.24) is 16.1 Å². The van der Waals surface area contributed by atoms with E-state index in [1.54, 1.807) is 56.3 Å². The highest BCUT2D eigenvalue weighted by atomic mass is 32.1. The molecule has 0 bridgehead atoms. The Labute approximate surface area is 233 Å². The highest BCUT2D eigenvalue weighted by Gasteiger charge is 2.32. The summed E-state index contributed by atoms with van der Waals surface area (Å²) in [4.78, 5) is 25.2. The lowest BCUT2D eigenvalue weighted by molar-refractivity contribution is -0.139. The maximum atomic E-state index is 12.7. The van der Waals surface area contributed by atoms with Gasteiger partial charge in [0.25, 0.3) is 5.91 Å². The number of hydrogen-bond donors (Lipinski definition) is 3. The molecule has 0 radical (unpaired) electrons. The number of ether oxygens (including phenoxy) is 4. The van der Waals surface area contributed by atoms with Crippen LogP contribution in [0.1, 0.15) is 37.9 Å². The molecule has 11 heteroatoms. The zero-order chi connectivity index (χ0) is 28.2. The third kappa shape index (κ3) is 8.05. The van der Waals surface area contributed by atoms with Gasteiger partial charge < -0.3 is 29.6 Å². The second-order valence-corrected chi connectivity index (χ2v) is 8.56. The van der Waals surface area contributed by atoms with Crippen LogP contribution in [0.2, 0.25) is 0 Å². The second-order valence-electron chi connectivity index (χ2n) is 8.15. The fourth-order valence-corrected chi connectivity index (χ4v) is 4.02. The van der Waals surface area contributed by atoms with E-state index in [0.29, 0.717) is 58.0 Å². The lowest BCUT2D eigenvalue weighted by atomic mass is 9.95. The first-order chi connectivity index (χ1) is 18.9. The van der Waals surface area contributed by atoms with E-state index in [0.717, 1.165) is 0 Å². The second kappa shape index (κ2) is 14.5. The topological polar surface area (TPSA) is 120 Å². The number of para-hydroxylation sites is 1. The summed E-state index contributed by atoms with van der Waals surface area (Å²) >= 11 is 5.30. The molecule has 0 aliphatic carbocycles. The van der Waals surface area contributed by atoms with Gasteiger partial charge in [-0.1, -0.05) is 30.9 Å². The van der Waals surface area contributed by atoms with Gasteiger partial charge in [0.2, 0.25) is 0 Å². The van der Waals surface area contributed by atoms with E-state index in [1.165, 1.54) is 6.21 Å². The molecular weight excluding hydrogens is 520 g/mol. The summed E-state index contributed by atoms with van der Waals surface area (Å²) in [6, 6.07) is 11.8. The molecule has 0 saturated carbocycles. The fourth-order valence-electron chi connectivity index (χ4n) is 3.75. The standard InChI is InChI=1S/C28H32N4O6S/c1-5-14-37-22-13-12-19(15-23(22)35-6-2)16-29-32-24(33)17-38-21-11-9-8-10-20(21)26-25(27(34)36-7-3)18(4)30-28(39)31-26/h5,8-13,15-16,26H,1,6-7,14,17H2,2-4H3,(H,32,33)(H2,30,31,39)/t26-/m1/s1. The zero-order valence-electron chi connectivity index (χ0n) is 22.1. The number of thiocarbonyl (C=S) groups is 1. The molecule has 1 aliphatic rings. The molecule has 1 amide bonds. The van der Waals surface area contributed by atoms with Crippen LogP contribution < -0.4 is 30.3 Å². The number of amides is 1. The Balaban J connectivity index is 1.67. The SMILES string of the molecule is C=CCOc1ccc(C=NNC(=O)COc2ccccc2[C@H]2NC(=S)NC(C)=C2C(=O)OCC)cc1OCC. The summed E-state index contributed by atoms with van der Waals surface area (Å²) in [5.74, 6) is 0.613. The van der Waals surface area contributed by atoms with Crippen LogP contribution in [0.4, 0.5) is 0 Å². The van der Waals surface area contributed by atoms with Crippen LogP contribution in [0.15, 0.2) is 71.5 Å². The predicted molar refractivity (Wildman–Crippen MR) is 152 cm³/mol. The molecule has 2 aromatic rings. The monoisotopic (exact) mass is 552 g/mol. The Kier molecular flexibility index (Phi) is 10.9. The van der Waals surface area contributed by atoms with Gasteiger partial charge in [0.15, 0.2) is 23.2 Å². The number of esters is 1. The summed E-state index contributed by atoms with van der Waals surface area (Å²) in [6.07, 6.45) is 3.14. The molecule has 2 aromatic carbocycles. The molecule has 0 unspecified atom stereocenters. The Bertz CT molecular complexity index is 1280. The summed E-state index contributed by atoms with van der Waals surface area (Å²) in [6.45, 7) is 9.75. The molecule has 0 fully saturated rings. The van der Waals surface area contributed by atoms with E-state index in [2.05, 4.69) is 27.7 Å². The van der Waals surface area contributed by atoms with E-state index in [-0.39, 0.29) is 13.2 Å². The van der Waals surface area contributed by atoms with E-state index in [4.69, 9.17) is 31.2 Å². The van der Waals surface area contributed by atoms with Gasteiger partial charge in [-0.3, -0.25) is 4.79 Å². The highest BCUT2D eigenvalue weighted by Crippen LogP contribution is 2.33. The first-order valence-electron chi connectivity index (χ1n) is 12.4. The Hall–Kier alpha value is -4.38. The fraction of sp³-hybridized carbons (Fsp3) is 0.286. The quantitative estimate of drug-likeness (QED) is 0.113. The number of allylic oxidation sites excluding steroid dienone is 1. The average molecular weight is 553 g/mol. The van der Waals surface area contributed by atoms with Gasteiger partial charge in [-0.15, -0.1) is 0 Å². The number of carbonyl (C=O) groups excluding carboxylic acids is 2. The van der Waals surface area contributed by atoms with Crippen molar-refractivity contribution < 1.29 is 28.5 Å². The molecule has 39 heavy (non-hydrogen) atoms. The van der Waals surface area contributed by atoms with Crippen molar-refractivity contribution in [2.24, 2.45) is 5.10 Å². The van der Waals surface area contributed by atoms with Crippen molar-refractivity contribution in [3.05, 3.63) is 77.5 Å². The number of hydrazone groups is 1. The van der Waals surface area contributed by atoms with Crippen LogP contribution in [0.5, 0.6) is 17.2 Å². The molecule has 206 valence electrons. The van der Waals surface area contributed by atoms with Crippen LogP contribution in [-0.4, -0.2) is 49.6 Å². The molecular formula is C28H32N4O6S. The van der Waals surface area contributed by atoms with Gasteiger partial charge in [-0.25, -0.2) is 10.2 Å². The maximum Gasteiger partial charge on any atom is 0.338 e. The first kappa shape index (κ1) is 29.2. The van der Waals surface area contributed by atoms with Crippen molar-refractivity contribution >= 4 is 35.4 Å². The number of rotatable bonds is 13. The van der Waals surface area contributed by atoms with E-state index < -0.39 is 17.9 Å². The van der Waals surface area contributed by atoms with Gasteiger partial charge >= 0.3 is 5.97 Å². The summed E-state index contributed by atoms with van der Waals surface area (Å²) < 4.78 is 22.3. The van der Waals surface area contributed by atoms with Crippen molar-refractivity contribution in [3.63, 3.8) is 0 Å². The molecule has 10 nitrogen and oxygen atoms in total. The summed E-state index contributed by atoms with van der Waals surface area (Å²) in [5.41, 5.74) is 4.74. The van der Waals surface area contributed by atoms with Gasteiger partial charge in [-0.2, -0.15) is 5.10 Å². The van der Waals surface area contributed by atoms with Crippen LogP contribution in [0.25, 0.3) is 0 Å². The van der Waals surface area contributed by atoms with Crippen LogP contribution in [0, 0.1) is 0 Å². The molecule has 0 aromatic heterocycles. The van der Waals surface area contributed by atoms with Crippen molar-refractivity contribution in [3.8, 4) is 17.2 Å². The van der Waals surface area contributed by atoms with Gasteiger partial charge in [0.05, 0.1) is 31.0 Å². The molecule has 1 atom stereocenters. The molecule has 3 rings (SSSR count). The van der Waals surface area contributed by atoms with Gasteiger partial charge in [0.1, 0.15) is 12.4 Å². The average Bonchev–Trinajstić information content (AvgIpc) is 2.91. The molecule has 1 aliphatic heterocycles. The minimum Gasteiger partial charge on any atom is -0.490 e. The van der Waals surface area contributed by atoms with Crippen molar-refractivity contribution in [2.75, 3.05) is 26.4 Å². The Morgan fingerprint density at radius 1 is 1.08 bits per heavy atom. The van der Waals surface area contributed by atoms with Gasteiger partial charge in [0, 0.05) is 11.3 Å². The normalized spacial score (nSPS) is 14.7. The summed E-state index contributed by atoms with van der Waals surface area (Å²) in [5, 5.41) is 10.4. The van der Waals surface area contributed by atoms with Crippen LogP contribution in [-0.2, 0) is 14.3 Å². The van der Waals surface area contributed by atoms with Gasteiger partial charge in [-0.05, 0) is 62.8 Å². The smallest absolute Gasteiger partial charge is 0.338 e. The number of nitrogens with one attached hydrogen (secondary N) is 3. The lowest BCUT2D eigenvalue weighted by Gasteiger charge is -2.30. The lowest BCUT2D eigenvalue weighted by Crippen LogP contribution is -2.45. The molecule has 1 heterocycles.